The Morgan fingerprint density at radius 3 is 2.11 bits per heavy atom. The molecule has 92 valence electrons. The van der Waals surface area contributed by atoms with Crippen molar-refractivity contribution in [2.24, 2.45) is 0 Å². The highest BCUT2D eigenvalue weighted by atomic mass is 16.6. The maximum Gasteiger partial charge on any atom is 0.329 e. The zero-order chi connectivity index (χ0) is 13.2. The number of hydrogen-bond acceptors (Lipinski definition) is 2. The van der Waals surface area contributed by atoms with E-state index >= 15 is 0 Å². The molecule has 0 saturated carbocycles. The van der Waals surface area contributed by atoms with E-state index in [0.29, 0.717) is 10.2 Å². The molecule has 0 fully saturated rings. The molecule has 0 spiro atoms. The Morgan fingerprint density at radius 2 is 1.50 bits per heavy atom. The Bertz CT molecular complexity index is 565. The highest BCUT2D eigenvalue weighted by Crippen LogP contribution is 2.36. The third kappa shape index (κ3) is 2.10. The number of nitrogens with zero attached hydrogens (tertiary/aromatic N) is 2. The van der Waals surface area contributed by atoms with Crippen molar-refractivity contribution in [3.63, 3.8) is 0 Å². The van der Waals surface area contributed by atoms with E-state index in [1.807, 2.05) is 50.5 Å². The summed E-state index contributed by atoms with van der Waals surface area (Å²) in [5.41, 5.74) is 1.83. The second-order valence-corrected chi connectivity index (χ2v) is 4.53. The molecule has 0 amide bonds. The molecular weight excluding hydrogens is 228 g/mol. The summed E-state index contributed by atoms with van der Waals surface area (Å²) in [5, 5.41) is 11.1. The zero-order valence-electron chi connectivity index (χ0n) is 10.4. The van der Waals surface area contributed by atoms with Gasteiger partial charge in [-0.3, -0.25) is 14.6 Å². The second-order valence-electron chi connectivity index (χ2n) is 4.53. The van der Waals surface area contributed by atoms with Crippen LogP contribution in [0.4, 0.5) is 17.1 Å². The quantitative estimate of drug-likeness (QED) is 0.470. The van der Waals surface area contributed by atoms with Crippen molar-refractivity contribution >= 4 is 17.1 Å². The van der Waals surface area contributed by atoms with Gasteiger partial charge in [-0.25, -0.2) is 0 Å². The Balaban J connectivity index is 2.58. The van der Waals surface area contributed by atoms with Crippen LogP contribution in [0.15, 0.2) is 54.6 Å². The van der Waals surface area contributed by atoms with Crippen LogP contribution in [-0.2, 0) is 0 Å². The first-order chi connectivity index (χ1) is 8.53. The first-order valence-electron chi connectivity index (χ1n) is 5.67. The molecule has 2 rings (SSSR count). The highest BCUT2D eigenvalue weighted by Gasteiger charge is 2.30. The normalized spacial score (nSPS) is 11.2. The number of benzene rings is 2. The monoisotopic (exact) mass is 243 g/mol. The third-order valence-corrected chi connectivity index (χ3v) is 3.08. The van der Waals surface area contributed by atoms with Crippen LogP contribution in [0.5, 0.6) is 0 Å². The Kier molecular flexibility index (Phi) is 3.12. The lowest BCUT2D eigenvalue weighted by molar-refractivity contribution is -0.384. The van der Waals surface area contributed by atoms with E-state index in [1.54, 1.807) is 12.1 Å². The van der Waals surface area contributed by atoms with Crippen LogP contribution in [-0.4, -0.2) is 19.0 Å². The standard InChI is InChI=1S/C14H15N2O2/c1-16(2,12-8-4-3-5-9-12)14-11-7-6-10-13(14)15(17)18/h3-11H,1-2H3/q+1. The Hall–Kier alpha value is -2.20. The van der Waals surface area contributed by atoms with Gasteiger partial charge in [0.1, 0.15) is 5.69 Å². The number of nitro benzene ring substituents is 1. The summed E-state index contributed by atoms with van der Waals surface area (Å²) in [6.45, 7) is 0. The predicted octanol–water partition coefficient (Wildman–Crippen LogP) is 3.49. The molecule has 0 aliphatic carbocycles. The van der Waals surface area contributed by atoms with Gasteiger partial charge in [0.15, 0.2) is 0 Å². The lowest BCUT2D eigenvalue weighted by atomic mass is 10.2. The number of hydrogen-bond donors (Lipinski definition) is 0. The van der Waals surface area contributed by atoms with Crippen molar-refractivity contribution in [1.29, 1.82) is 0 Å². The van der Waals surface area contributed by atoms with E-state index in [1.165, 1.54) is 6.07 Å². The molecule has 0 aromatic heterocycles. The van der Waals surface area contributed by atoms with E-state index in [0.717, 1.165) is 5.69 Å². The minimum atomic E-state index is -0.335. The molecule has 4 heteroatoms. The van der Waals surface area contributed by atoms with Crippen LogP contribution < -0.4 is 4.48 Å². The van der Waals surface area contributed by atoms with Crippen molar-refractivity contribution in [2.45, 2.75) is 0 Å². The smallest absolute Gasteiger partial charge is 0.258 e. The van der Waals surface area contributed by atoms with Crippen molar-refractivity contribution < 1.29 is 4.92 Å². The average Bonchev–Trinajstić information content (AvgIpc) is 2.39. The molecule has 0 aliphatic heterocycles. The van der Waals surface area contributed by atoms with Gasteiger partial charge in [-0.1, -0.05) is 30.3 Å². The topological polar surface area (TPSA) is 43.1 Å². The number of rotatable bonds is 3. The molecule has 18 heavy (non-hydrogen) atoms. The van der Waals surface area contributed by atoms with Gasteiger partial charge in [0.2, 0.25) is 5.69 Å². The fourth-order valence-electron chi connectivity index (χ4n) is 2.03. The largest absolute Gasteiger partial charge is 0.329 e. The van der Waals surface area contributed by atoms with Gasteiger partial charge >= 0.3 is 5.69 Å². The lowest BCUT2D eigenvalue weighted by Gasteiger charge is -2.28. The third-order valence-electron chi connectivity index (χ3n) is 3.08. The summed E-state index contributed by atoms with van der Waals surface area (Å²) in [7, 11) is 3.88. The molecule has 2 aromatic carbocycles. The molecule has 0 aliphatic rings. The molecule has 0 unspecified atom stereocenters. The number of nitro groups is 1. The first kappa shape index (κ1) is 12.3. The van der Waals surface area contributed by atoms with Gasteiger partial charge in [-0.15, -0.1) is 0 Å². The minimum absolute atomic E-state index is 0.145. The number of quaternary nitrogens is 1. The molecule has 2 aromatic rings. The molecule has 0 N–H and O–H groups in total. The van der Waals surface area contributed by atoms with Gasteiger partial charge in [-0.05, 0) is 12.1 Å². The molecular formula is C14H15N2O2+. The van der Waals surface area contributed by atoms with Gasteiger partial charge in [0.05, 0.1) is 19.0 Å². The summed E-state index contributed by atoms with van der Waals surface area (Å²) in [6.07, 6.45) is 0. The highest BCUT2D eigenvalue weighted by molar-refractivity contribution is 5.67. The van der Waals surface area contributed by atoms with Crippen molar-refractivity contribution in [3.8, 4) is 0 Å². The van der Waals surface area contributed by atoms with Crippen LogP contribution in [0.2, 0.25) is 0 Å². The summed E-state index contributed by atoms with van der Waals surface area (Å²) >= 11 is 0. The van der Waals surface area contributed by atoms with Gasteiger partial charge in [0, 0.05) is 12.1 Å². The second kappa shape index (κ2) is 4.58. The van der Waals surface area contributed by atoms with Crippen LogP contribution in [0, 0.1) is 10.1 Å². The molecule has 4 nitrogen and oxygen atoms in total. The maximum absolute atomic E-state index is 11.1. The van der Waals surface area contributed by atoms with Crippen LogP contribution >= 0.6 is 0 Å². The summed E-state index contributed by atoms with van der Waals surface area (Å²) < 4.78 is 0.345. The molecule has 0 saturated heterocycles. The average molecular weight is 243 g/mol. The number of para-hydroxylation sites is 3. The Morgan fingerprint density at radius 1 is 0.944 bits per heavy atom. The van der Waals surface area contributed by atoms with Gasteiger partial charge in [-0.2, -0.15) is 0 Å². The van der Waals surface area contributed by atoms with Gasteiger partial charge in [0.25, 0.3) is 0 Å². The fraction of sp³-hybridized carbons (Fsp3) is 0.143. The Labute approximate surface area is 106 Å². The van der Waals surface area contributed by atoms with E-state index in [2.05, 4.69) is 0 Å². The van der Waals surface area contributed by atoms with Crippen LogP contribution in [0.25, 0.3) is 0 Å². The van der Waals surface area contributed by atoms with E-state index in [-0.39, 0.29) is 10.6 Å². The summed E-state index contributed by atoms with van der Waals surface area (Å²) in [6, 6.07) is 16.6. The zero-order valence-corrected chi connectivity index (χ0v) is 10.4. The van der Waals surface area contributed by atoms with Crippen LogP contribution in [0.1, 0.15) is 0 Å². The summed E-state index contributed by atoms with van der Waals surface area (Å²) in [5.74, 6) is 0. The molecule has 0 radical (unpaired) electrons. The van der Waals surface area contributed by atoms with Crippen LogP contribution in [0.3, 0.4) is 0 Å². The molecule has 0 atom stereocenters. The molecule has 0 bridgehead atoms. The van der Waals surface area contributed by atoms with Gasteiger partial charge < -0.3 is 0 Å². The van der Waals surface area contributed by atoms with E-state index < -0.39 is 0 Å². The lowest BCUT2D eigenvalue weighted by Crippen LogP contribution is -2.34. The van der Waals surface area contributed by atoms with Crippen molar-refractivity contribution in [2.75, 3.05) is 14.1 Å². The predicted molar refractivity (Wildman–Crippen MR) is 72.8 cm³/mol. The maximum atomic E-state index is 11.1. The van der Waals surface area contributed by atoms with E-state index in [4.69, 9.17) is 0 Å². The SMILES string of the molecule is C[N+](C)(c1ccccc1)c1ccccc1[N+](=O)[O-]. The minimum Gasteiger partial charge on any atom is -0.258 e. The van der Waals surface area contributed by atoms with Crippen molar-refractivity contribution in [3.05, 3.63) is 64.7 Å². The van der Waals surface area contributed by atoms with Crippen molar-refractivity contribution in [1.82, 2.24) is 4.48 Å². The summed E-state index contributed by atoms with van der Waals surface area (Å²) in [4.78, 5) is 10.8. The van der Waals surface area contributed by atoms with E-state index in [9.17, 15) is 10.1 Å². The molecule has 0 heterocycles. The first-order valence-corrected chi connectivity index (χ1v) is 5.67. The fourth-order valence-corrected chi connectivity index (χ4v) is 2.03.